The fourth-order valence-corrected chi connectivity index (χ4v) is 3.62. The third-order valence-corrected chi connectivity index (χ3v) is 4.69. The Bertz CT molecular complexity index is 948. The molecule has 4 rings (SSSR count). The van der Waals surface area contributed by atoms with E-state index in [0.717, 1.165) is 17.9 Å². The van der Waals surface area contributed by atoms with Crippen LogP contribution in [0.25, 0.3) is 5.65 Å². The molecule has 25 heavy (non-hydrogen) atoms. The lowest BCUT2D eigenvalue weighted by Crippen LogP contribution is -2.35. The number of rotatable bonds is 1. The Labute approximate surface area is 146 Å². The fraction of sp³-hybridized carbons (Fsp3) is 0.316. The van der Waals surface area contributed by atoms with Crippen molar-refractivity contribution in [2.75, 3.05) is 29.9 Å². The smallest absolute Gasteiger partial charge is 0.264 e. The Balaban J connectivity index is 1.86. The third-order valence-electron chi connectivity index (χ3n) is 4.69. The highest BCUT2D eigenvalue weighted by atomic mass is 16.2. The maximum Gasteiger partial charge on any atom is 0.264 e. The molecule has 1 atom stereocenters. The quantitative estimate of drug-likeness (QED) is 0.686. The summed E-state index contributed by atoms with van der Waals surface area (Å²) in [5, 5.41) is 4.44. The van der Waals surface area contributed by atoms with Gasteiger partial charge < -0.3 is 9.80 Å². The number of fused-ring (bicyclic) bond motifs is 2. The summed E-state index contributed by atoms with van der Waals surface area (Å²) < 4.78 is 1.67. The summed E-state index contributed by atoms with van der Waals surface area (Å²) in [6.45, 7) is 5.61. The second-order valence-electron chi connectivity index (χ2n) is 6.74. The second-order valence-corrected chi connectivity index (χ2v) is 6.74. The molecule has 0 spiro atoms. The van der Waals surface area contributed by atoms with Gasteiger partial charge in [0, 0.05) is 32.5 Å². The highest BCUT2D eigenvalue weighted by Gasteiger charge is 2.30. The van der Waals surface area contributed by atoms with E-state index in [0.29, 0.717) is 29.4 Å². The van der Waals surface area contributed by atoms with Gasteiger partial charge in [-0.1, -0.05) is 19.1 Å². The van der Waals surface area contributed by atoms with Crippen molar-refractivity contribution in [1.29, 1.82) is 0 Å². The number of nitrogens with zero attached hydrogens (tertiary/aromatic N) is 5. The maximum absolute atomic E-state index is 13.5. The molecule has 0 fully saturated rings. The van der Waals surface area contributed by atoms with E-state index in [-0.39, 0.29) is 5.91 Å². The van der Waals surface area contributed by atoms with Crippen LogP contribution in [0.2, 0.25) is 0 Å². The summed E-state index contributed by atoms with van der Waals surface area (Å²) in [6.07, 6.45) is 3.51. The Morgan fingerprint density at radius 1 is 1.16 bits per heavy atom. The molecular formula is C19H21N5O. The average molecular weight is 335 g/mol. The minimum Gasteiger partial charge on any atom is -0.373 e. The minimum absolute atomic E-state index is 0.0409. The Kier molecular flexibility index (Phi) is 3.67. The van der Waals surface area contributed by atoms with Gasteiger partial charge in [-0.15, -0.1) is 0 Å². The summed E-state index contributed by atoms with van der Waals surface area (Å²) in [5.74, 6) is 0.317. The number of aryl methyl sites for hydroxylation is 1. The fourth-order valence-electron chi connectivity index (χ4n) is 3.62. The molecular weight excluding hydrogens is 314 g/mol. The van der Waals surface area contributed by atoms with Crippen molar-refractivity contribution in [1.82, 2.24) is 14.6 Å². The van der Waals surface area contributed by atoms with Crippen molar-refractivity contribution in [2.45, 2.75) is 13.8 Å². The van der Waals surface area contributed by atoms with E-state index in [4.69, 9.17) is 0 Å². The van der Waals surface area contributed by atoms with Crippen molar-refractivity contribution >= 4 is 22.9 Å². The van der Waals surface area contributed by atoms with Gasteiger partial charge in [0.25, 0.3) is 5.91 Å². The molecule has 6 nitrogen and oxygen atoms in total. The van der Waals surface area contributed by atoms with Gasteiger partial charge in [0.05, 0.1) is 17.1 Å². The average Bonchev–Trinajstić information content (AvgIpc) is 2.88. The van der Waals surface area contributed by atoms with Gasteiger partial charge >= 0.3 is 0 Å². The van der Waals surface area contributed by atoms with Crippen LogP contribution >= 0.6 is 0 Å². The molecule has 0 N–H and O–H groups in total. The lowest BCUT2D eigenvalue weighted by molar-refractivity contribution is 0.0985. The molecule has 1 aromatic carbocycles. The molecule has 0 aliphatic carbocycles. The molecule has 1 aliphatic rings. The minimum atomic E-state index is -0.0409. The van der Waals surface area contributed by atoms with Crippen LogP contribution in [0.1, 0.15) is 23.0 Å². The molecule has 0 saturated heterocycles. The predicted octanol–water partition coefficient (Wildman–Crippen LogP) is 2.77. The summed E-state index contributed by atoms with van der Waals surface area (Å²) in [5.41, 5.74) is 3.89. The van der Waals surface area contributed by atoms with Crippen LogP contribution < -0.4 is 9.80 Å². The monoisotopic (exact) mass is 335 g/mol. The van der Waals surface area contributed by atoms with E-state index in [1.54, 1.807) is 10.7 Å². The molecule has 2 aromatic heterocycles. The van der Waals surface area contributed by atoms with Gasteiger partial charge in [0.15, 0.2) is 5.65 Å². The zero-order valence-corrected chi connectivity index (χ0v) is 14.7. The van der Waals surface area contributed by atoms with Crippen LogP contribution in [0.5, 0.6) is 0 Å². The summed E-state index contributed by atoms with van der Waals surface area (Å²) in [4.78, 5) is 21.9. The molecule has 0 bridgehead atoms. The summed E-state index contributed by atoms with van der Waals surface area (Å²) in [6, 6.07) is 9.87. The zero-order chi connectivity index (χ0) is 17.6. The number of hydrogen-bond acceptors (Lipinski definition) is 4. The van der Waals surface area contributed by atoms with Crippen LogP contribution in [0.3, 0.4) is 0 Å². The van der Waals surface area contributed by atoms with Crippen molar-refractivity contribution < 1.29 is 4.79 Å². The number of anilines is 2. The number of carbonyl (C=O) groups is 1. The van der Waals surface area contributed by atoms with E-state index < -0.39 is 0 Å². The van der Waals surface area contributed by atoms with E-state index in [1.165, 1.54) is 0 Å². The van der Waals surface area contributed by atoms with E-state index in [9.17, 15) is 4.79 Å². The van der Waals surface area contributed by atoms with Crippen molar-refractivity contribution in [2.24, 2.45) is 5.92 Å². The summed E-state index contributed by atoms with van der Waals surface area (Å²) in [7, 11) is 2.07. The zero-order valence-electron chi connectivity index (χ0n) is 14.7. The Morgan fingerprint density at radius 3 is 2.72 bits per heavy atom. The Morgan fingerprint density at radius 2 is 1.92 bits per heavy atom. The van der Waals surface area contributed by atoms with E-state index in [1.807, 2.05) is 42.3 Å². The predicted molar refractivity (Wildman–Crippen MR) is 98.3 cm³/mol. The summed E-state index contributed by atoms with van der Waals surface area (Å²) >= 11 is 0. The topological polar surface area (TPSA) is 53.7 Å². The second kappa shape index (κ2) is 5.88. The molecule has 1 aliphatic heterocycles. The number of aromatic nitrogens is 3. The lowest BCUT2D eigenvalue weighted by atomic mass is 10.1. The Hall–Kier alpha value is -2.89. The van der Waals surface area contributed by atoms with Crippen LogP contribution in [0.15, 0.2) is 42.7 Å². The lowest BCUT2D eigenvalue weighted by Gasteiger charge is -2.24. The highest BCUT2D eigenvalue weighted by Crippen LogP contribution is 2.34. The highest BCUT2D eigenvalue weighted by molar-refractivity contribution is 6.12. The molecule has 3 aromatic rings. The molecule has 0 radical (unpaired) electrons. The first-order valence-corrected chi connectivity index (χ1v) is 8.48. The van der Waals surface area contributed by atoms with Crippen LogP contribution in [0, 0.1) is 12.8 Å². The van der Waals surface area contributed by atoms with Crippen LogP contribution in [0.4, 0.5) is 11.4 Å². The molecule has 6 heteroatoms. The van der Waals surface area contributed by atoms with Gasteiger partial charge in [-0.25, -0.2) is 9.50 Å². The first-order valence-electron chi connectivity index (χ1n) is 8.48. The molecule has 1 unspecified atom stereocenters. The van der Waals surface area contributed by atoms with Crippen molar-refractivity contribution in [3.63, 3.8) is 0 Å². The number of amides is 1. The van der Waals surface area contributed by atoms with Gasteiger partial charge in [0.1, 0.15) is 5.56 Å². The number of benzene rings is 1. The number of para-hydroxylation sites is 2. The largest absolute Gasteiger partial charge is 0.373 e. The van der Waals surface area contributed by atoms with Gasteiger partial charge in [-0.2, -0.15) is 5.10 Å². The van der Waals surface area contributed by atoms with E-state index in [2.05, 4.69) is 35.0 Å². The number of carbonyl (C=O) groups excluding carboxylic acids is 1. The first kappa shape index (κ1) is 15.6. The van der Waals surface area contributed by atoms with Crippen LogP contribution in [-0.4, -0.2) is 40.6 Å². The normalized spacial score (nSPS) is 17.5. The molecule has 0 saturated carbocycles. The van der Waals surface area contributed by atoms with Crippen molar-refractivity contribution in [3.05, 3.63) is 54.0 Å². The standard InChI is InChI=1S/C19H21N5O/c1-13-11-22(3)15-7-4-5-8-16(15)23(12-13)19(25)17-14(2)21-24-10-6-9-20-18(17)24/h4-10,13H,11-12H2,1-3H3. The van der Waals surface area contributed by atoms with Crippen LogP contribution in [-0.2, 0) is 0 Å². The van der Waals surface area contributed by atoms with Gasteiger partial charge in [0.2, 0.25) is 0 Å². The van der Waals surface area contributed by atoms with Gasteiger partial charge in [-0.05, 0) is 31.0 Å². The SMILES string of the molecule is Cc1nn2cccnc2c1C(=O)N1CC(C)CN(C)c2ccccc21. The van der Waals surface area contributed by atoms with Gasteiger partial charge in [-0.3, -0.25) is 4.79 Å². The molecule has 3 heterocycles. The maximum atomic E-state index is 13.5. The number of hydrogen-bond donors (Lipinski definition) is 0. The third kappa shape index (κ3) is 2.54. The first-order chi connectivity index (χ1) is 12.1. The van der Waals surface area contributed by atoms with E-state index >= 15 is 0 Å². The van der Waals surface area contributed by atoms with Crippen molar-refractivity contribution in [3.8, 4) is 0 Å². The molecule has 1 amide bonds. The molecule has 128 valence electrons.